The second-order valence-electron chi connectivity index (χ2n) is 8.97. The van der Waals surface area contributed by atoms with Crippen molar-refractivity contribution in [1.82, 2.24) is 0 Å². The van der Waals surface area contributed by atoms with Gasteiger partial charge in [-0.05, 0) is 48.3 Å². The van der Waals surface area contributed by atoms with Gasteiger partial charge in [-0.15, -0.1) is 0 Å². The molecular formula is C25H32O3. The van der Waals surface area contributed by atoms with Crippen molar-refractivity contribution in [3.05, 3.63) is 70.8 Å². The average Bonchev–Trinajstić information content (AvgIpc) is 2.59. The van der Waals surface area contributed by atoms with E-state index in [1.165, 1.54) is 0 Å². The highest BCUT2D eigenvalue weighted by molar-refractivity contribution is 6.14. The van der Waals surface area contributed by atoms with Gasteiger partial charge >= 0.3 is 5.97 Å². The number of benzene rings is 2. The molecule has 0 bridgehead atoms. The zero-order chi connectivity index (χ0) is 20.9. The van der Waals surface area contributed by atoms with E-state index in [1.54, 1.807) is 0 Å². The molecule has 0 aliphatic rings. The Kier molecular flexibility index (Phi) is 7.17. The number of ketones is 1. The Labute approximate surface area is 169 Å². The third-order valence-electron chi connectivity index (χ3n) is 4.83. The lowest BCUT2D eigenvalue weighted by molar-refractivity contribution is -0.145. The summed E-state index contributed by atoms with van der Waals surface area (Å²) < 4.78 is 5.63. The maximum absolute atomic E-state index is 13.4. The first-order valence-corrected chi connectivity index (χ1v) is 9.92. The van der Waals surface area contributed by atoms with E-state index in [4.69, 9.17) is 4.74 Å². The van der Waals surface area contributed by atoms with Crippen LogP contribution in [0.2, 0.25) is 0 Å². The molecule has 0 heterocycles. The van der Waals surface area contributed by atoms with Crippen LogP contribution >= 0.6 is 0 Å². The number of rotatable bonds is 7. The van der Waals surface area contributed by atoms with Crippen molar-refractivity contribution in [1.29, 1.82) is 0 Å². The smallest absolute Gasteiger partial charge is 0.321 e. The highest BCUT2D eigenvalue weighted by atomic mass is 16.5. The van der Waals surface area contributed by atoms with Crippen LogP contribution < -0.4 is 0 Å². The predicted octanol–water partition coefficient (Wildman–Crippen LogP) is 5.89. The minimum Gasteiger partial charge on any atom is -0.465 e. The largest absolute Gasteiger partial charge is 0.465 e. The molecule has 0 saturated heterocycles. The second-order valence-corrected chi connectivity index (χ2v) is 8.97. The Bertz CT molecular complexity index is 795. The Morgan fingerprint density at radius 1 is 0.929 bits per heavy atom. The molecule has 150 valence electrons. The molecule has 3 nitrogen and oxygen atoms in total. The van der Waals surface area contributed by atoms with E-state index in [0.717, 1.165) is 17.5 Å². The summed E-state index contributed by atoms with van der Waals surface area (Å²) in [4.78, 5) is 26.4. The zero-order valence-electron chi connectivity index (χ0n) is 17.9. The molecule has 0 aromatic heterocycles. The first-order valence-electron chi connectivity index (χ1n) is 9.92. The van der Waals surface area contributed by atoms with Crippen LogP contribution in [0.3, 0.4) is 0 Å². The first-order chi connectivity index (χ1) is 13.1. The number of Topliss-reactive ketones (excluding diaryl/α,β-unsaturated/α-hetero) is 1. The molecular weight excluding hydrogens is 348 g/mol. The van der Waals surface area contributed by atoms with Gasteiger partial charge in [-0.25, -0.2) is 0 Å². The molecule has 0 N–H and O–H groups in total. The van der Waals surface area contributed by atoms with Gasteiger partial charge in [0.2, 0.25) is 0 Å². The summed E-state index contributed by atoms with van der Waals surface area (Å²) in [6.45, 7) is 12.7. The molecule has 0 saturated carbocycles. The highest BCUT2D eigenvalue weighted by Crippen LogP contribution is 2.28. The molecule has 2 aromatic carbocycles. The number of esters is 1. The molecule has 0 aliphatic carbocycles. The normalized spacial score (nSPS) is 13.6. The van der Waals surface area contributed by atoms with Crippen molar-refractivity contribution >= 4 is 11.8 Å². The van der Waals surface area contributed by atoms with Crippen molar-refractivity contribution < 1.29 is 14.3 Å². The Morgan fingerprint density at radius 3 is 2.04 bits per heavy atom. The highest BCUT2D eigenvalue weighted by Gasteiger charge is 2.32. The maximum Gasteiger partial charge on any atom is 0.321 e. The lowest BCUT2D eigenvalue weighted by Gasteiger charge is -2.24. The summed E-state index contributed by atoms with van der Waals surface area (Å²) in [6.07, 6.45) is 0.946. The third kappa shape index (κ3) is 5.79. The number of hydrogen-bond acceptors (Lipinski definition) is 3. The topological polar surface area (TPSA) is 43.4 Å². The standard InChI is InChI=1S/C25H32O3/c1-17(15-25(4,5)6)16-28-24(27)22(20-13-8-7-9-14-20)23(26)21-18(2)11-10-12-19(21)3/h7-14,17,22H,15-16H2,1-6H3. The van der Waals surface area contributed by atoms with Crippen molar-refractivity contribution in [2.24, 2.45) is 11.3 Å². The molecule has 2 atom stereocenters. The molecule has 2 rings (SSSR count). The van der Waals surface area contributed by atoms with Gasteiger partial charge in [-0.1, -0.05) is 76.2 Å². The van der Waals surface area contributed by atoms with Gasteiger partial charge in [-0.2, -0.15) is 0 Å². The number of carbonyl (C=O) groups is 2. The zero-order valence-corrected chi connectivity index (χ0v) is 17.9. The van der Waals surface area contributed by atoms with E-state index in [9.17, 15) is 9.59 Å². The SMILES string of the molecule is Cc1cccc(C)c1C(=O)C(C(=O)OCC(C)CC(C)(C)C)c1ccccc1. The van der Waals surface area contributed by atoms with Gasteiger partial charge < -0.3 is 4.74 Å². The molecule has 0 amide bonds. The Balaban J connectivity index is 2.28. The summed E-state index contributed by atoms with van der Waals surface area (Å²) >= 11 is 0. The molecule has 28 heavy (non-hydrogen) atoms. The van der Waals surface area contributed by atoms with Crippen LogP contribution in [0.1, 0.15) is 67.1 Å². The van der Waals surface area contributed by atoms with Crippen molar-refractivity contribution in [2.75, 3.05) is 6.61 Å². The number of carbonyl (C=O) groups excluding carboxylic acids is 2. The summed E-state index contributed by atoms with van der Waals surface area (Å²) in [5.74, 6) is -1.38. The van der Waals surface area contributed by atoms with Crippen LogP contribution in [0.25, 0.3) is 0 Å². The maximum atomic E-state index is 13.4. The molecule has 0 fully saturated rings. The lowest BCUT2D eigenvalue weighted by Crippen LogP contribution is -2.27. The lowest BCUT2D eigenvalue weighted by atomic mass is 9.85. The van der Waals surface area contributed by atoms with Gasteiger partial charge in [0.25, 0.3) is 0 Å². The monoisotopic (exact) mass is 380 g/mol. The van der Waals surface area contributed by atoms with E-state index in [2.05, 4.69) is 27.7 Å². The van der Waals surface area contributed by atoms with Crippen molar-refractivity contribution in [2.45, 2.75) is 53.9 Å². The minimum absolute atomic E-state index is 0.165. The first kappa shape index (κ1) is 21.9. The van der Waals surface area contributed by atoms with Crippen molar-refractivity contribution in [3.63, 3.8) is 0 Å². The molecule has 0 aliphatic heterocycles. The van der Waals surface area contributed by atoms with E-state index in [1.807, 2.05) is 62.4 Å². The fraction of sp³-hybridized carbons (Fsp3) is 0.440. The fourth-order valence-electron chi connectivity index (χ4n) is 3.80. The average molecular weight is 381 g/mol. The van der Waals surface area contributed by atoms with E-state index >= 15 is 0 Å². The van der Waals surface area contributed by atoms with E-state index in [-0.39, 0.29) is 17.1 Å². The minimum atomic E-state index is -0.942. The molecule has 0 radical (unpaired) electrons. The Morgan fingerprint density at radius 2 is 1.50 bits per heavy atom. The summed E-state index contributed by atoms with van der Waals surface area (Å²) in [6, 6.07) is 14.9. The predicted molar refractivity (Wildman–Crippen MR) is 114 cm³/mol. The van der Waals surface area contributed by atoms with Gasteiger partial charge in [0.1, 0.15) is 5.92 Å². The van der Waals surface area contributed by atoms with Gasteiger partial charge in [-0.3, -0.25) is 9.59 Å². The summed E-state index contributed by atoms with van der Waals surface area (Å²) in [5, 5.41) is 0. The van der Waals surface area contributed by atoms with Crippen LogP contribution in [0.15, 0.2) is 48.5 Å². The molecule has 2 aromatic rings. The molecule has 0 spiro atoms. The Hall–Kier alpha value is -2.42. The van der Waals surface area contributed by atoms with E-state index < -0.39 is 11.9 Å². The van der Waals surface area contributed by atoms with Crippen LogP contribution in [-0.4, -0.2) is 18.4 Å². The number of aryl methyl sites for hydroxylation is 2. The number of hydrogen-bond donors (Lipinski definition) is 0. The second kappa shape index (κ2) is 9.18. The fourth-order valence-corrected chi connectivity index (χ4v) is 3.80. The molecule has 3 heteroatoms. The van der Waals surface area contributed by atoms with Gasteiger partial charge in [0.05, 0.1) is 6.61 Å². The van der Waals surface area contributed by atoms with Crippen molar-refractivity contribution in [3.8, 4) is 0 Å². The van der Waals surface area contributed by atoms with Crippen LogP contribution in [0, 0.1) is 25.2 Å². The summed E-state index contributed by atoms with van der Waals surface area (Å²) in [5.41, 5.74) is 3.19. The van der Waals surface area contributed by atoms with Crippen LogP contribution in [0.4, 0.5) is 0 Å². The number of ether oxygens (including phenoxy) is 1. The third-order valence-corrected chi connectivity index (χ3v) is 4.83. The van der Waals surface area contributed by atoms with Gasteiger partial charge in [0, 0.05) is 5.56 Å². The van der Waals surface area contributed by atoms with Crippen LogP contribution in [0.5, 0.6) is 0 Å². The summed E-state index contributed by atoms with van der Waals surface area (Å²) in [7, 11) is 0. The van der Waals surface area contributed by atoms with Crippen LogP contribution in [-0.2, 0) is 9.53 Å². The molecule has 2 unspecified atom stereocenters. The quantitative estimate of drug-likeness (QED) is 0.342. The van der Waals surface area contributed by atoms with E-state index in [0.29, 0.717) is 17.7 Å². The van der Waals surface area contributed by atoms with Gasteiger partial charge in [0.15, 0.2) is 5.78 Å².